The first-order chi connectivity index (χ1) is 4.74. The summed E-state index contributed by atoms with van der Waals surface area (Å²) in [5.41, 5.74) is 0.634. The third-order valence-electron chi connectivity index (χ3n) is 1.14. The Morgan fingerprint density at radius 3 is 2.90 bits per heavy atom. The molecule has 54 valence electrons. The number of aromatic amines is 1. The summed E-state index contributed by atoms with van der Waals surface area (Å²) in [4.78, 5) is 13.7. The van der Waals surface area contributed by atoms with Crippen molar-refractivity contribution in [3.8, 4) is 0 Å². The van der Waals surface area contributed by atoms with Crippen LogP contribution in [0, 0.1) is 0 Å². The summed E-state index contributed by atoms with van der Waals surface area (Å²) in [6.45, 7) is 0. The van der Waals surface area contributed by atoms with Gasteiger partial charge in [-0.25, -0.2) is 0 Å². The predicted molar refractivity (Wildman–Crippen MR) is 41.9 cm³/mol. The number of hydrogen-bond donors (Lipinski definition) is 2. The molecule has 0 saturated carbocycles. The van der Waals surface area contributed by atoms with Gasteiger partial charge in [0, 0.05) is 13.2 Å². The Morgan fingerprint density at radius 2 is 2.50 bits per heavy atom. The molecule has 0 fully saturated rings. The average molecular weight is 203 g/mol. The molecule has 0 spiro atoms. The van der Waals surface area contributed by atoms with Crippen LogP contribution in [0.3, 0.4) is 0 Å². The molecule has 0 saturated heterocycles. The van der Waals surface area contributed by atoms with E-state index < -0.39 is 0 Å². The third kappa shape index (κ3) is 1.39. The topological polar surface area (TPSA) is 44.9 Å². The normalized spacial score (nSPS) is 9.40. The molecule has 1 heterocycles. The fraction of sp³-hybridized carbons (Fsp3) is 0.167. The van der Waals surface area contributed by atoms with E-state index in [0.29, 0.717) is 5.56 Å². The van der Waals surface area contributed by atoms with Gasteiger partial charge in [0.15, 0.2) is 0 Å². The van der Waals surface area contributed by atoms with E-state index in [1.807, 2.05) is 0 Å². The lowest BCUT2D eigenvalue weighted by Crippen LogP contribution is -2.16. The minimum absolute atomic E-state index is 0.0815. The van der Waals surface area contributed by atoms with Gasteiger partial charge >= 0.3 is 0 Å². The number of H-pyrrole nitrogens is 1. The standard InChI is InChI=1S/C6H7BrN2O/c1-8-6(10)4-2-5(7)9-3-4/h2-3,9H,1H3,(H,8,10). The lowest BCUT2D eigenvalue weighted by molar-refractivity contribution is 0.0963. The Morgan fingerprint density at radius 1 is 1.80 bits per heavy atom. The molecular formula is C6H7BrN2O. The summed E-state index contributed by atoms with van der Waals surface area (Å²) in [6, 6.07) is 1.72. The minimum Gasteiger partial charge on any atom is -0.355 e. The van der Waals surface area contributed by atoms with Crippen LogP contribution in [-0.4, -0.2) is 17.9 Å². The number of carbonyl (C=O) groups excluding carboxylic acids is 1. The van der Waals surface area contributed by atoms with Crippen molar-refractivity contribution in [3.63, 3.8) is 0 Å². The number of halogens is 1. The largest absolute Gasteiger partial charge is 0.355 e. The third-order valence-corrected chi connectivity index (χ3v) is 1.59. The monoisotopic (exact) mass is 202 g/mol. The van der Waals surface area contributed by atoms with E-state index in [4.69, 9.17) is 0 Å². The van der Waals surface area contributed by atoms with Gasteiger partial charge in [-0.05, 0) is 22.0 Å². The second kappa shape index (κ2) is 2.88. The number of rotatable bonds is 1. The number of carbonyl (C=O) groups is 1. The molecule has 0 aliphatic heterocycles. The first-order valence-corrected chi connectivity index (χ1v) is 3.59. The fourth-order valence-electron chi connectivity index (χ4n) is 0.642. The zero-order valence-corrected chi connectivity index (χ0v) is 7.03. The second-order valence-corrected chi connectivity index (χ2v) is 2.67. The van der Waals surface area contributed by atoms with Crippen molar-refractivity contribution in [2.24, 2.45) is 0 Å². The van der Waals surface area contributed by atoms with Crippen molar-refractivity contribution in [2.45, 2.75) is 0 Å². The Bertz CT molecular complexity index is 244. The van der Waals surface area contributed by atoms with E-state index >= 15 is 0 Å². The minimum atomic E-state index is -0.0815. The van der Waals surface area contributed by atoms with Crippen LogP contribution in [0.15, 0.2) is 16.9 Å². The molecule has 1 amide bonds. The Hall–Kier alpha value is -0.770. The van der Waals surface area contributed by atoms with Gasteiger partial charge in [-0.3, -0.25) is 4.79 Å². The van der Waals surface area contributed by atoms with E-state index in [1.54, 1.807) is 19.3 Å². The van der Waals surface area contributed by atoms with Crippen LogP contribution in [-0.2, 0) is 0 Å². The molecule has 0 radical (unpaired) electrons. The van der Waals surface area contributed by atoms with Crippen molar-refractivity contribution >= 4 is 21.8 Å². The van der Waals surface area contributed by atoms with E-state index in [-0.39, 0.29) is 5.91 Å². The van der Waals surface area contributed by atoms with Crippen molar-refractivity contribution in [1.29, 1.82) is 0 Å². The predicted octanol–water partition coefficient (Wildman–Crippen LogP) is 1.14. The lowest BCUT2D eigenvalue weighted by atomic mass is 10.3. The number of amides is 1. The highest BCUT2D eigenvalue weighted by Gasteiger charge is 2.03. The zero-order valence-electron chi connectivity index (χ0n) is 5.44. The first kappa shape index (κ1) is 7.34. The van der Waals surface area contributed by atoms with Crippen LogP contribution < -0.4 is 5.32 Å². The van der Waals surface area contributed by atoms with Gasteiger partial charge < -0.3 is 10.3 Å². The van der Waals surface area contributed by atoms with Gasteiger partial charge in [0.1, 0.15) is 0 Å². The van der Waals surface area contributed by atoms with Gasteiger partial charge in [-0.15, -0.1) is 0 Å². The molecule has 4 heteroatoms. The van der Waals surface area contributed by atoms with Crippen LogP contribution in [0.2, 0.25) is 0 Å². The van der Waals surface area contributed by atoms with Crippen LogP contribution in [0.25, 0.3) is 0 Å². The van der Waals surface area contributed by atoms with Gasteiger partial charge in [0.2, 0.25) is 0 Å². The maximum atomic E-state index is 10.9. The Balaban J connectivity index is 2.85. The van der Waals surface area contributed by atoms with Crippen LogP contribution in [0.4, 0.5) is 0 Å². The second-order valence-electron chi connectivity index (χ2n) is 1.82. The highest BCUT2D eigenvalue weighted by Crippen LogP contribution is 2.08. The zero-order chi connectivity index (χ0) is 7.56. The summed E-state index contributed by atoms with van der Waals surface area (Å²) in [7, 11) is 1.60. The highest BCUT2D eigenvalue weighted by atomic mass is 79.9. The maximum absolute atomic E-state index is 10.9. The van der Waals surface area contributed by atoms with Crippen LogP contribution in [0.1, 0.15) is 10.4 Å². The van der Waals surface area contributed by atoms with Gasteiger partial charge in [0.05, 0.1) is 10.2 Å². The Kier molecular flexibility index (Phi) is 2.11. The number of aromatic nitrogens is 1. The van der Waals surface area contributed by atoms with E-state index in [2.05, 4.69) is 26.2 Å². The number of hydrogen-bond acceptors (Lipinski definition) is 1. The molecule has 1 aromatic rings. The van der Waals surface area contributed by atoms with E-state index in [9.17, 15) is 4.79 Å². The van der Waals surface area contributed by atoms with Crippen LogP contribution >= 0.6 is 15.9 Å². The highest BCUT2D eigenvalue weighted by molar-refractivity contribution is 9.10. The molecule has 0 atom stereocenters. The van der Waals surface area contributed by atoms with Gasteiger partial charge in [-0.2, -0.15) is 0 Å². The Labute approximate surface area is 66.9 Å². The molecule has 0 aromatic carbocycles. The molecule has 2 N–H and O–H groups in total. The summed E-state index contributed by atoms with van der Waals surface area (Å²) in [6.07, 6.45) is 1.64. The quantitative estimate of drug-likeness (QED) is 0.706. The lowest BCUT2D eigenvalue weighted by Gasteiger charge is -1.90. The van der Waals surface area contributed by atoms with Crippen molar-refractivity contribution in [2.75, 3.05) is 7.05 Å². The molecule has 0 aliphatic carbocycles. The summed E-state index contributed by atoms with van der Waals surface area (Å²) in [5, 5.41) is 2.51. The molecule has 10 heavy (non-hydrogen) atoms. The maximum Gasteiger partial charge on any atom is 0.252 e. The van der Waals surface area contributed by atoms with Crippen molar-refractivity contribution < 1.29 is 4.79 Å². The van der Waals surface area contributed by atoms with Crippen LogP contribution in [0.5, 0.6) is 0 Å². The molecule has 0 bridgehead atoms. The number of nitrogens with one attached hydrogen (secondary N) is 2. The molecule has 1 aromatic heterocycles. The summed E-state index contributed by atoms with van der Waals surface area (Å²) < 4.78 is 0.811. The van der Waals surface area contributed by atoms with E-state index in [1.165, 1.54) is 0 Å². The molecular weight excluding hydrogens is 196 g/mol. The molecule has 1 rings (SSSR count). The summed E-state index contributed by atoms with van der Waals surface area (Å²) in [5.74, 6) is -0.0815. The van der Waals surface area contributed by atoms with E-state index in [0.717, 1.165) is 4.60 Å². The summed E-state index contributed by atoms with van der Waals surface area (Å²) >= 11 is 3.19. The van der Waals surface area contributed by atoms with Gasteiger partial charge in [0.25, 0.3) is 5.91 Å². The smallest absolute Gasteiger partial charge is 0.252 e. The first-order valence-electron chi connectivity index (χ1n) is 2.80. The molecule has 3 nitrogen and oxygen atoms in total. The SMILES string of the molecule is CNC(=O)c1c[nH]c(Br)c1. The van der Waals surface area contributed by atoms with Crippen molar-refractivity contribution in [1.82, 2.24) is 10.3 Å². The fourth-order valence-corrected chi connectivity index (χ4v) is 1.00. The van der Waals surface area contributed by atoms with Gasteiger partial charge in [-0.1, -0.05) is 0 Å². The molecule has 0 aliphatic rings. The average Bonchev–Trinajstić information content (AvgIpc) is 2.34. The molecule has 0 unspecified atom stereocenters. The van der Waals surface area contributed by atoms with Crippen molar-refractivity contribution in [3.05, 3.63) is 22.4 Å².